The lowest BCUT2D eigenvalue weighted by Gasteiger charge is -2.35. The maximum absolute atomic E-state index is 12.9. The maximum Gasteiger partial charge on any atom is 0.223 e. The molecule has 0 saturated carbocycles. The minimum absolute atomic E-state index is 0.112. The van der Waals surface area contributed by atoms with Crippen LogP contribution in [-0.4, -0.2) is 24.0 Å². The van der Waals surface area contributed by atoms with E-state index >= 15 is 0 Å². The molecule has 4 heteroatoms. The van der Waals surface area contributed by atoms with Crippen molar-refractivity contribution in [1.82, 2.24) is 10.3 Å². The smallest absolute Gasteiger partial charge is 0.223 e. The highest BCUT2D eigenvalue weighted by atomic mass is 16.5. The van der Waals surface area contributed by atoms with Crippen LogP contribution < -0.4 is 10.1 Å². The topological polar surface area (TPSA) is 51.2 Å². The Bertz CT molecular complexity index is 775. The van der Waals surface area contributed by atoms with Gasteiger partial charge in [0.25, 0.3) is 0 Å². The largest absolute Gasteiger partial charge is 0.497 e. The van der Waals surface area contributed by atoms with Crippen molar-refractivity contribution in [3.05, 3.63) is 59.4 Å². The highest BCUT2D eigenvalue weighted by Crippen LogP contribution is 2.36. The molecular weight excluding hydrogens is 348 g/mol. The molecule has 3 atom stereocenters. The Kier molecular flexibility index (Phi) is 7.07. The summed E-state index contributed by atoms with van der Waals surface area (Å²) >= 11 is 0. The lowest BCUT2D eigenvalue weighted by molar-refractivity contribution is -0.126. The summed E-state index contributed by atoms with van der Waals surface area (Å²) < 4.78 is 5.42. The highest BCUT2D eigenvalue weighted by molar-refractivity contribution is 5.79. The average Bonchev–Trinajstić information content (AvgIpc) is 2.73. The summed E-state index contributed by atoms with van der Waals surface area (Å²) in [5.41, 5.74) is 3.86. The number of aryl methyl sites for hydroxylation is 1. The van der Waals surface area contributed by atoms with E-state index in [1.807, 2.05) is 18.3 Å². The fourth-order valence-corrected chi connectivity index (χ4v) is 4.38. The third-order valence-electron chi connectivity index (χ3n) is 5.97. The van der Waals surface area contributed by atoms with E-state index in [-0.39, 0.29) is 23.8 Å². The van der Waals surface area contributed by atoms with Crippen LogP contribution in [-0.2, 0) is 17.6 Å². The molecule has 0 aliphatic heterocycles. The van der Waals surface area contributed by atoms with Crippen LogP contribution in [0.25, 0.3) is 0 Å². The Morgan fingerprint density at radius 3 is 2.86 bits per heavy atom. The van der Waals surface area contributed by atoms with Crippen molar-refractivity contribution < 1.29 is 9.53 Å². The predicted molar refractivity (Wildman–Crippen MR) is 113 cm³/mol. The number of nitrogens with zero attached hydrogens (tertiary/aromatic N) is 1. The average molecular weight is 381 g/mol. The number of carbonyl (C=O) groups is 1. The Hall–Kier alpha value is -2.36. The summed E-state index contributed by atoms with van der Waals surface area (Å²) in [6, 6.07) is 10.6. The Labute approximate surface area is 168 Å². The summed E-state index contributed by atoms with van der Waals surface area (Å²) in [5, 5.41) is 3.40. The van der Waals surface area contributed by atoms with Crippen LogP contribution in [0, 0.1) is 5.92 Å². The molecule has 150 valence electrons. The van der Waals surface area contributed by atoms with Gasteiger partial charge in [-0.15, -0.1) is 0 Å². The minimum atomic E-state index is 0.112. The second-order valence-electron chi connectivity index (χ2n) is 7.78. The van der Waals surface area contributed by atoms with Gasteiger partial charge in [0.15, 0.2) is 0 Å². The zero-order chi connectivity index (χ0) is 19.9. The van der Waals surface area contributed by atoms with Gasteiger partial charge in [-0.25, -0.2) is 0 Å². The maximum atomic E-state index is 12.9. The molecule has 28 heavy (non-hydrogen) atoms. The van der Waals surface area contributed by atoms with E-state index < -0.39 is 0 Å². The van der Waals surface area contributed by atoms with E-state index in [0.717, 1.165) is 44.3 Å². The van der Waals surface area contributed by atoms with E-state index in [1.165, 1.54) is 16.7 Å². The molecule has 2 aromatic rings. The van der Waals surface area contributed by atoms with Crippen molar-refractivity contribution in [3.63, 3.8) is 0 Å². The number of carbonyl (C=O) groups excluding carboxylic acids is 1. The minimum Gasteiger partial charge on any atom is -0.497 e. The van der Waals surface area contributed by atoms with Gasteiger partial charge in [0.1, 0.15) is 5.75 Å². The number of hydrogen-bond acceptors (Lipinski definition) is 3. The highest BCUT2D eigenvalue weighted by Gasteiger charge is 2.32. The number of benzene rings is 1. The van der Waals surface area contributed by atoms with Crippen molar-refractivity contribution in [2.24, 2.45) is 5.92 Å². The van der Waals surface area contributed by atoms with E-state index in [1.54, 1.807) is 13.3 Å². The van der Waals surface area contributed by atoms with Crippen LogP contribution in [0.5, 0.6) is 5.75 Å². The number of aromatic nitrogens is 1. The number of methoxy groups -OCH3 is 1. The third kappa shape index (κ3) is 4.73. The number of fused-ring (bicyclic) bond motifs is 1. The number of nitrogens with one attached hydrogen (secondary N) is 1. The third-order valence-corrected chi connectivity index (χ3v) is 5.97. The first-order valence-electron chi connectivity index (χ1n) is 10.5. The molecule has 1 aromatic heterocycles. The van der Waals surface area contributed by atoms with Crippen molar-refractivity contribution >= 4 is 5.91 Å². The summed E-state index contributed by atoms with van der Waals surface area (Å²) in [6.45, 7) is 4.25. The van der Waals surface area contributed by atoms with Gasteiger partial charge in [-0.2, -0.15) is 0 Å². The zero-order valence-corrected chi connectivity index (χ0v) is 17.3. The number of rotatable bonds is 8. The summed E-state index contributed by atoms with van der Waals surface area (Å²) in [6.07, 6.45) is 9.43. The first kappa shape index (κ1) is 20.4. The monoisotopic (exact) mass is 380 g/mol. The van der Waals surface area contributed by atoms with Crippen molar-refractivity contribution in [2.45, 2.75) is 64.3 Å². The molecule has 4 nitrogen and oxygen atoms in total. The zero-order valence-electron chi connectivity index (χ0n) is 17.3. The van der Waals surface area contributed by atoms with Gasteiger partial charge in [-0.05, 0) is 67.0 Å². The van der Waals surface area contributed by atoms with Crippen LogP contribution in [0.3, 0.4) is 0 Å². The van der Waals surface area contributed by atoms with Crippen molar-refractivity contribution in [2.75, 3.05) is 7.11 Å². The summed E-state index contributed by atoms with van der Waals surface area (Å²) in [7, 11) is 1.71. The van der Waals surface area contributed by atoms with E-state index in [0.29, 0.717) is 0 Å². The quantitative estimate of drug-likeness (QED) is 0.724. The molecule has 1 heterocycles. The Balaban J connectivity index is 1.86. The molecule has 3 rings (SSSR count). The first-order valence-corrected chi connectivity index (χ1v) is 10.5. The molecule has 1 aliphatic carbocycles. The molecule has 0 fully saturated rings. The molecule has 0 saturated heterocycles. The molecule has 1 aliphatic rings. The number of pyridine rings is 1. The second-order valence-corrected chi connectivity index (χ2v) is 7.78. The van der Waals surface area contributed by atoms with Gasteiger partial charge in [-0.3, -0.25) is 9.78 Å². The number of ether oxygens (including phenoxy) is 1. The molecule has 3 unspecified atom stereocenters. The van der Waals surface area contributed by atoms with Crippen LogP contribution in [0.4, 0.5) is 0 Å². The molecule has 1 amide bonds. The Morgan fingerprint density at radius 1 is 1.32 bits per heavy atom. The first-order chi connectivity index (χ1) is 13.7. The summed E-state index contributed by atoms with van der Waals surface area (Å²) in [4.78, 5) is 17.2. The predicted octanol–water partition coefficient (Wildman–Crippen LogP) is 4.67. The Morgan fingerprint density at radius 2 is 2.18 bits per heavy atom. The fraction of sp³-hybridized carbons (Fsp3) is 0.500. The van der Waals surface area contributed by atoms with Gasteiger partial charge in [0, 0.05) is 30.3 Å². The van der Waals surface area contributed by atoms with Gasteiger partial charge < -0.3 is 10.1 Å². The van der Waals surface area contributed by atoms with Crippen LogP contribution in [0.1, 0.15) is 62.1 Å². The standard InChI is InChI=1S/C24H32N2O2/c1-4-7-18(5-2)24(27)26-23-12-9-19-15-20(28-3)10-11-21(19)22(23)14-17-8-6-13-25-16-17/h6,8,10-11,13,15-16,18,22-23H,4-5,7,9,12,14H2,1-3H3,(H,26,27). The second kappa shape index (κ2) is 9.72. The van der Waals surface area contributed by atoms with Crippen LogP contribution >= 0.6 is 0 Å². The molecule has 0 radical (unpaired) electrons. The van der Waals surface area contributed by atoms with Crippen LogP contribution in [0.15, 0.2) is 42.7 Å². The SMILES string of the molecule is CCCC(CC)C(=O)NC1CCc2cc(OC)ccc2C1Cc1cccnc1. The van der Waals surface area contributed by atoms with E-state index in [4.69, 9.17) is 4.74 Å². The van der Waals surface area contributed by atoms with Crippen molar-refractivity contribution in [3.8, 4) is 5.75 Å². The van der Waals surface area contributed by atoms with Gasteiger partial charge in [-0.1, -0.05) is 32.4 Å². The molecule has 1 aromatic carbocycles. The molecular formula is C24H32N2O2. The number of amides is 1. The van der Waals surface area contributed by atoms with E-state index in [2.05, 4.69) is 42.3 Å². The normalized spacial score (nSPS) is 19.5. The summed E-state index contributed by atoms with van der Waals surface area (Å²) in [5.74, 6) is 1.47. The van der Waals surface area contributed by atoms with Crippen molar-refractivity contribution in [1.29, 1.82) is 0 Å². The van der Waals surface area contributed by atoms with Gasteiger partial charge >= 0.3 is 0 Å². The van der Waals surface area contributed by atoms with Gasteiger partial charge in [0.05, 0.1) is 7.11 Å². The lowest BCUT2D eigenvalue weighted by Crippen LogP contribution is -2.45. The molecule has 0 spiro atoms. The number of hydrogen-bond donors (Lipinski definition) is 1. The lowest BCUT2D eigenvalue weighted by atomic mass is 9.76. The fourth-order valence-electron chi connectivity index (χ4n) is 4.38. The van der Waals surface area contributed by atoms with Gasteiger partial charge in [0.2, 0.25) is 5.91 Å². The molecule has 0 bridgehead atoms. The molecule has 1 N–H and O–H groups in total. The van der Waals surface area contributed by atoms with E-state index in [9.17, 15) is 4.79 Å². The van der Waals surface area contributed by atoms with Crippen LogP contribution in [0.2, 0.25) is 0 Å².